The molecule has 0 saturated carbocycles. The third-order valence-corrected chi connectivity index (χ3v) is 10.8. The lowest BCUT2D eigenvalue weighted by Gasteiger charge is -2.47. The van der Waals surface area contributed by atoms with Crippen LogP contribution >= 0.6 is 22.7 Å². The van der Waals surface area contributed by atoms with E-state index in [0.29, 0.717) is 30.4 Å². The molecule has 10 heteroatoms. The summed E-state index contributed by atoms with van der Waals surface area (Å²) in [5.74, 6) is 1.93. The lowest BCUT2D eigenvalue weighted by Crippen LogP contribution is -2.49. The van der Waals surface area contributed by atoms with Gasteiger partial charge >= 0.3 is 6.09 Å². The fourth-order valence-electron chi connectivity index (χ4n) is 7.12. The number of pyridine rings is 1. The smallest absolute Gasteiger partial charge is 0.410 e. The Morgan fingerprint density at radius 2 is 1.28 bits per heavy atom. The number of piperidine rings is 2. The molecule has 7 rings (SSSR count). The second-order valence-electron chi connectivity index (χ2n) is 15.5. The third-order valence-electron chi connectivity index (χ3n) is 10.3. The Kier molecular flexibility index (Phi) is 16.7. The van der Waals surface area contributed by atoms with Gasteiger partial charge in [0.25, 0.3) is 0 Å². The first kappa shape index (κ1) is 44.3. The predicted octanol–water partition coefficient (Wildman–Crippen LogP) is 12.4. The van der Waals surface area contributed by atoms with E-state index in [-0.39, 0.29) is 6.09 Å². The van der Waals surface area contributed by atoms with Crippen LogP contribution in [0.2, 0.25) is 0 Å². The normalized spacial score (nSPS) is 14.6. The molecule has 0 atom stereocenters. The summed E-state index contributed by atoms with van der Waals surface area (Å²) < 4.78 is 23.1. The van der Waals surface area contributed by atoms with E-state index in [1.165, 1.54) is 11.3 Å². The molecule has 1 spiro atoms. The number of nitrogens with zero attached hydrogens (tertiary/aromatic N) is 3. The van der Waals surface area contributed by atoms with Gasteiger partial charge in [-0.1, -0.05) is 110 Å². The molecular weight excluding hydrogens is 763 g/mol. The SMILES string of the molecule is CC.Cc1ccc(N2CCC3(CCN(C(=O)OC(C)(C)C)CC3)CC2)cc1-c1ccc(OCc2ccccc2)nc1OCc1ccccc1.SSOc1ccccc1. The molecule has 8 nitrogen and oxygen atoms in total. The molecule has 4 aromatic carbocycles. The highest BCUT2D eigenvalue weighted by molar-refractivity contribution is 8.66. The van der Waals surface area contributed by atoms with Crippen molar-refractivity contribution in [3.63, 3.8) is 0 Å². The Bertz CT molecular complexity index is 1980. The van der Waals surface area contributed by atoms with Gasteiger partial charge in [-0.2, -0.15) is 4.98 Å². The van der Waals surface area contributed by atoms with E-state index in [9.17, 15) is 4.79 Å². The third kappa shape index (κ3) is 13.1. The maximum absolute atomic E-state index is 12.6. The van der Waals surface area contributed by atoms with Gasteiger partial charge < -0.3 is 28.2 Å². The van der Waals surface area contributed by atoms with Crippen LogP contribution in [-0.2, 0) is 18.0 Å². The molecular formula is C48H59N3O5S2. The van der Waals surface area contributed by atoms with Crippen molar-refractivity contribution in [3.8, 4) is 28.6 Å². The standard InChI is InChI=1S/C40H47N3O4.C6H6OS2.C2H6/c1-30-15-16-33(42-23-19-40(20-24-42)21-25-43(26-22-40)38(44)47-39(2,3)4)27-35(30)34-17-18-36(45-28-31-11-7-5-8-12-31)41-37(34)46-29-32-13-9-6-10-14-32;8-9-7-6-4-2-1-3-5-6;1-2/h5-18,27H,19-26,28-29H2,1-4H3;1-5,8H;1-2H3. The maximum atomic E-state index is 12.6. The quantitative estimate of drug-likeness (QED) is 0.0848. The van der Waals surface area contributed by atoms with E-state index in [2.05, 4.69) is 59.9 Å². The molecule has 58 heavy (non-hydrogen) atoms. The van der Waals surface area contributed by atoms with Gasteiger partial charge in [0, 0.05) is 43.5 Å². The van der Waals surface area contributed by atoms with Crippen molar-refractivity contribution in [1.82, 2.24) is 9.88 Å². The average Bonchev–Trinajstić information content (AvgIpc) is 3.25. The molecule has 0 unspecified atom stereocenters. The highest BCUT2D eigenvalue weighted by atomic mass is 33.1. The molecule has 1 aromatic heterocycles. The summed E-state index contributed by atoms with van der Waals surface area (Å²) in [4.78, 5) is 21.9. The summed E-state index contributed by atoms with van der Waals surface area (Å²) in [5.41, 5.74) is 6.44. The second kappa shape index (κ2) is 21.8. The van der Waals surface area contributed by atoms with Gasteiger partial charge in [-0.05, 0) is 111 Å². The molecule has 0 aliphatic carbocycles. The minimum atomic E-state index is -0.465. The Morgan fingerprint density at radius 3 is 1.84 bits per heavy atom. The molecule has 308 valence electrons. The summed E-state index contributed by atoms with van der Waals surface area (Å²) >= 11 is 4.88. The van der Waals surface area contributed by atoms with Crippen molar-refractivity contribution in [1.29, 1.82) is 0 Å². The summed E-state index contributed by atoms with van der Waals surface area (Å²) in [6, 6.07) is 40.6. The van der Waals surface area contributed by atoms with Crippen LogP contribution in [0.25, 0.3) is 11.1 Å². The zero-order valence-corrected chi connectivity index (χ0v) is 36.6. The fourth-order valence-corrected chi connectivity index (χ4v) is 7.58. The summed E-state index contributed by atoms with van der Waals surface area (Å²) in [7, 11) is 0. The number of benzene rings is 4. The minimum Gasteiger partial charge on any atom is -0.473 e. The van der Waals surface area contributed by atoms with E-state index in [4.69, 9.17) is 23.4 Å². The van der Waals surface area contributed by atoms with Crippen molar-refractivity contribution < 1.29 is 23.2 Å². The zero-order valence-electron chi connectivity index (χ0n) is 34.9. The monoisotopic (exact) mass is 821 g/mol. The number of ether oxygens (including phenoxy) is 3. The van der Waals surface area contributed by atoms with E-state index in [1.807, 2.05) is 124 Å². The molecule has 5 aromatic rings. The summed E-state index contributed by atoms with van der Waals surface area (Å²) in [6.07, 6.45) is 4.13. The zero-order chi connectivity index (χ0) is 41.4. The van der Waals surface area contributed by atoms with E-state index in [0.717, 1.165) is 90.9 Å². The van der Waals surface area contributed by atoms with Gasteiger partial charge in [0.2, 0.25) is 11.8 Å². The molecule has 2 aliphatic rings. The van der Waals surface area contributed by atoms with Gasteiger partial charge in [0.1, 0.15) is 35.6 Å². The molecule has 0 radical (unpaired) electrons. The molecule has 0 N–H and O–H groups in total. The molecule has 0 bridgehead atoms. The van der Waals surface area contributed by atoms with Crippen molar-refractivity contribution in [2.75, 3.05) is 31.1 Å². The number of amides is 1. The van der Waals surface area contributed by atoms with Crippen LogP contribution in [0, 0.1) is 12.3 Å². The number of aromatic nitrogens is 1. The Labute approximate surface area is 355 Å². The largest absolute Gasteiger partial charge is 0.473 e. The molecule has 2 saturated heterocycles. The second-order valence-corrected chi connectivity index (χ2v) is 16.2. The topological polar surface area (TPSA) is 73.4 Å². The van der Waals surface area contributed by atoms with Crippen LogP contribution in [0.15, 0.2) is 121 Å². The number of thiol groups is 1. The molecule has 2 aliphatic heterocycles. The number of hydrogen-bond acceptors (Lipinski definition) is 9. The van der Waals surface area contributed by atoms with Gasteiger partial charge in [-0.15, -0.1) is 0 Å². The van der Waals surface area contributed by atoms with Crippen molar-refractivity contribution in [3.05, 3.63) is 138 Å². The molecule has 1 amide bonds. The van der Waals surface area contributed by atoms with E-state index in [1.54, 1.807) is 0 Å². The number of anilines is 1. The molecule has 3 heterocycles. The van der Waals surface area contributed by atoms with Crippen LogP contribution in [0.4, 0.5) is 10.5 Å². The predicted molar refractivity (Wildman–Crippen MR) is 242 cm³/mol. The fraction of sp³-hybridized carbons (Fsp3) is 0.375. The highest BCUT2D eigenvalue weighted by Crippen LogP contribution is 2.43. The minimum absolute atomic E-state index is 0.186. The number of carbonyl (C=O) groups excluding carboxylic acids is 1. The van der Waals surface area contributed by atoms with E-state index < -0.39 is 5.60 Å². The van der Waals surface area contributed by atoms with E-state index >= 15 is 0 Å². The number of carbonyl (C=O) groups is 1. The van der Waals surface area contributed by atoms with Crippen molar-refractivity contribution >= 4 is 34.5 Å². The number of likely N-dealkylation sites (tertiary alicyclic amines) is 1. The van der Waals surface area contributed by atoms with Crippen LogP contribution in [0.1, 0.15) is 77.0 Å². The van der Waals surface area contributed by atoms with Crippen molar-refractivity contribution in [2.24, 2.45) is 5.41 Å². The van der Waals surface area contributed by atoms with Crippen LogP contribution in [-0.4, -0.2) is 47.8 Å². The summed E-state index contributed by atoms with van der Waals surface area (Å²) in [5, 5.41) is 0. The Hall–Kier alpha value is -4.80. The molecule has 2 fully saturated rings. The number of hydrogen-bond donors (Lipinski definition) is 1. The van der Waals surface area contributed by atoms with Gasteiger partial charge in [-0.25, -0.2) is 4.79 Å². The number of aryl methyl sites for hydroxylation is 1. The first-order valence-electron chi connectivity index (χ1n) is 20.3. The average molecular weight is 822 g/mol. The highest BCUT2D eigenvalue weighted by Gasteiger charge is 2.39. The van der Waals surface area contributed by atoms with Crippen LogP contribution < -0.4 is 18.6 Å². The van der Waals surface area contributed by atoms with Gasteiger partial charge in [0.05, 0.1) is 0 Å². The lowest BCUT2D eigenvalue weighted by molar-refractivity contribution is 0.00665. The van der Waals surface area contributed by atoms with Crippen molar-refractivity contribution in [2.45, 2.75) is 86.0 Å². The lowest BCUT2D eigenvalue weighted by atomic mass is 9.71. The first-order valence-corrected chi connectivity index (χ1v) is 22.1. The van der Waals surface area contributed by atoms with Gasteiger partial charge in [-0.3, -0.25) is 0 Å². The summed E-state index contributed by atoms with van der Waals surface area (Å²) in [6.45, 7) is 16.3. The maximum Gasteiger partial charge on any atom is 0.410 e. The van der Waals surface area contributed by atoms with Crippen LogP contribution in [0.5, 0.6) is 17.5 Å². The van der Waals surface area contributed by atoms with Crippen LogP contribution in [0.3, 0.4) is 0 Å². The van der Waals surface area contributed by atoms with Gasteiger partial charge in [0.15, 0.2) is 0 Å². The first-order chi connectivity index (χ1) is 28.1. The Balaban J connectivity index is 0.000000509. The number of rotatable bonds is 10. The number of para-hydroxylation sites is 1. The Morgan fingerprint density at radius 1 is 0.724 bits per heavy atom.